The van der Waals surface area contributed by atoms with Crippen molar-refractivity contribution >= 4 is 0 Å². The molecule has 0 saturated heterocycles. The van der Waals surface area contributed by atoms with Gasteiger partial charge in [-0.25, -0.2) is 0 Å². The Morgan fingerprint density at radius 3 is 2.73 bits per heavy atom. The predicted octanol–water partition coefficient (Wildman–Crippen LogP) is 1.49. The number of hydrogen-bond donors (Lipinski definition) is 1. The summed E-state index contributed by atoms with van der Waals surface area (Å²) in [5.74, 6) is 1.92. The quantitative estimate of drug-likeness (QED) is 0.669. The molecule has 0 aliphatic heterocycles. The molecule has 1 aromatic heterocycles. The molecule has 1 heterocycles. The molecule has 11 heavy (non-hydrogen) atoms. The fraction of sp³-hybridized carbons (Fsp3) is 0.500. The number of rotatable bonds is 4. The Kier molecular flexibility index (Phi) is 3.14. The maximum atomic E-state index is 5.39. The summed E-state index contributed by atoms with van der Waals surface area (Å²) in [6.07, 6.45) is 0.937. The van der Waals surface area contributed by atoms with E-state index in [9.17, 15) is 0 Å². The summed E-state index contributed by atoms with van der Waals surface area (Å²) < 4.78 is 5.39. The third kappa shape index (κ3) is 2.37. The van der Waals surface area contributed by atoms with Crippen LogP contribution in [-0.4, -0.2) is 7.11 Å². The Balaban J connectivity index is 2.44. The van der Waals surface area contributed by atoms with Crippen molar-refractivity contribution < 1.29 is 9.25 Å². The second-order valence-electron chi connectivity index (χ2n) is 2.25. The summed E-state index contributed by atoms with van der Waals surface area (Å²) in [4.78, 5) is 4.68. The molecular formula is C8H13NO2. The summed E-state index contributed by atoms with van der Waals surface area (Å²) in [5, 5.41) is 0. The van der Waals surface area contributed by atoms with E-state index in [0.717, 1.165) is 17.9 Å². The largest absolute Gasteiger partial charge is 0.465 e. The first-order chi connectivity index (χ1) is 5.36. The van der Waals surface area contributed by atoms with Gasteiger partial charge in [0.1, 0.15) is 11.5 Å². The van der Waals surface area contributed by atoms with Gasteiger partial charge in [0.05, 0.1) is 13.7 Å². The van der Waals surface area contributed by atoms with Crippen molar-refractivity contribution in [2.75, 3.05) is 7.11 Å². The third-order valence-electron chi connectivity index (χ3n) is 1.46. The average molecular weight is 155 g/mol. The van der Waals surface area contributed by atoms with E-state index in [1.54, 1.807) is 7.11 Å². The van der Waals surface area contributed by atoms with E-state index < -0.39 is 0 Å². The van der Waals surface area contributed by atoms with Crippen molar-refractivity contribution in [3.05, 3.63) is 23.7 Å². The minimum absolute atomic E-state index is 0.622. The topological polar surface area (TPSA) is 34.4 Å². The molecule has 0 bridgehead atoms. The molecule has 3 heteroatoms. The van der Waals surface area contributed by atoms with E-state index in [2.05, 4.69) is 17.2 Å². The summed E-state index contributed by atoms with van der Waals surface area (Å²) in [5.41, 5.74) is 2.71. The SMILES string of the molecule is CCc1ccc(CNOC)o1. The van der Waals surface area contributed by atoms with Crippen LogP contribution in [0.5, 0.6) is 0 Å². The standard InChI is InChI=1S/C8H13NO2/c1-3-7-4-5-8(11-7)6-9-10-2/h4-5,9H,3,6H2,1-2H3. The molecule has 0 radical (unpaired) electrons. The maximum absolute atomic E-state index is 5.39. The molecule has 0 aliphatic carbocycles. The lowest BCUT2D eigenvalue weighted by molar-refractivity contribution is 0.0815. The highest BCUT2D eigenvalue weighted by atomic mass is 16.6. The van der Waals surface area contributed by atoms with Gasteiger partial charge < -0.3 is 9.25 Å². The van der Waals surface area contributed by atoms with Crippen molar-refractivity contribution in [2.24, 2.45) is 0 Å². The highest BCUT2D eigenvalue weighted by Gasteiger charge is 1.97. The summed E-state index contributed by atoms with van der Waals surface area (Å²) in [7, 11) is 1.59. The molecule has 3 nitrogen and oxygen atoms in total. The Labute approximate surface area is 66.3 Å². The second-order valence-corrected chi connectivity index (χ2v) is 2.25. The van der Waals surface area contributed by atoms with Gasteiger partial charge >= 0.3 is 0 Å². The van der Waals surface area contributed by atoms with Crippen LogP contribution in [0, 0.1) is 0 Å². The molecule has 1 rings (SSSR count). The maximum Gasteiger partial charge on any atom is 0.120 e. The molecule has 0 aromatic carbocycles. The Morgan fingerprint density at radius 2 is 2.18 bits per heavy atom. The van der Waals surface area contributed by atoms with Crippen LogP contribution in [0.1, 0.15) is 18.4 Å². The lowest BCUT2D eigenvalue weighted by Crippen LogP contribution is -2.09. The molecule has 0 spiro atoms. The van der Waals surface area contributed by atoms with Crippen molar-refractivity contribution in [3.8, 4) is 0 Å². The number of hydrogen-bond acceptors (Lipinski definition) is 3. The van der Waals surface area contributed by atoms with Crippen LogP contribution in [0.25, 0.3) is 0 Å². The monoisotopic (exact) mass is 155 g/mol. The van der Waals surface area contributed by atoms with Gasteiger partial charge in [-0.15, -0.1) is 0 Å². The molecule has 0 saturated carbocycles. The first-order valence-electron chi connectivity index (χ1n) is 3.70. The number of hydroxylamine groups is 1. The van der Waals surface area contributed by atoms with Gasteiger partial charge in [0.15, 0.2) is 0 Å². The van der Waals surface area contributed by atoms with Gasteiger partial charge in [-0.1, -0.05) is 6.92 Å². The predicted molar refractivity (Wildman–Crippen MR) is 41.9 cm³/mol. The van der Waals surface area contributed by atoms with Crippen molar-refractivity contribution in [3.63, 3.8) is 0 Å². The summed E-state index contributed by atoms with van der Waals surface area (Å²) in [6, 6.07) is 3.93. The molecule has 0 aliphatic rings. The van der Waals surface area contributed by atoms with Gasteiger partial charge in [-0.3, -0.25) is 0 Å². The average Bonchev–Trinajstić information content (AvgIpc) is 2.48. The zero-order valence-electron chi connectivity index (χ0n) is 6.89. The lowest BCUT2D eigenvalue weighted by atomic mass is 10.4. The van der Waals surface area contributed by atoms with E-state index in [4.69, 9.17) is 4.42 Å². The van der Waals surface area contributed by atoms with Crippen LogP contribution >= 0.6 is 0 Å². The Bertz CT molecular complexity index is 208. The molecular weight excluding hydrogens is 142 g/mol. The van der Waals surface area contributed by atoms with Crippen LogP contribution in [0.15, 0.2) is 16.5 Å². The van der Waals surface area contributed by atoms with Crippen molar-refractivity contribution in [1.82, 2.24) is 5.48 Å². The normalized spacial score (nSPS) is 10.4. The fourth-order valence-electron chi connectivity index (χ4n) is 0.851. The lowest BCUT2D eigenvalue weighted by Gasteiger charge is -1.96. The minimum atomic E-state index is 0.622. The van der Waals surface area contributed by atoms with E-state index in [1.165, 1.54) is 0 Å². The van der Waals surface area contributed by atoms with Gasteiger partial charge in [0.25, 0.3) is 0 Å². The Hall–Kier alpha value is -0.800. The van der Waals surface area contributed by atoms with Gasteiger partial charge in [-0.2, -0.15) is 5.48 Å². The molecule has 0 atom stereocenters. The molecule has 0 unspecified atom stereocenters. The van der Waals surface area contributed by atoms with Gasteiger partial charge in [0, 0.05) is 6.42 Å². The first kappa shape index (κ1) is 8.30. The van der Waals surface area contributed by atoms with Crippen LogP contribution in [0.3, 0.4) is 0 Å². The van der Waals surface area contributed by atoms with Crippen molar-refractivity contribution in [2.45, 2.75) is 19.9 Å². The minimum Gasteiger partial charge on any atom is -0.465 e. The Morgan fingerprint density at radius 1 is 1.45 bits per heavy atom. The van der Waals surface area contributed by atoms with Crippen LogP contribution < -0.4 is 5.48 Å². The van der Waals surface area contributed by atoms with E-state index in [-0.39, 0.29) is 0 Å². The number of nitrogens with one attached hydrogen (secondary N) is 1. The van der Waals surface area contributed by atoms with E-state index >= 15 is 0 Å². The van der Waals surface area contributed by atoms with Gasteiger partial charge in [-0.05, 0) is 12.1 Å². The zero-order valence-corrected chi connectivity index (χ0v) is 6.89. The molecule has 0 amide bonds. The van der Waals surface area contributed by atoms with Crippen molar-refractivity contribution in [1.29, 1.82) is 0 Å². The summed E-state index contributed by atoms with van der Waals surface area (Å²) >= 11 is 0. The van der Waals surface area contributed by atoms with Crippen LogP contribution in [0.2, 0.25) is 0 Å². The molecule has 0 fully saturated rings. The number of furan rings is 1. The molecule has 1 aromatic rings. The van der Waals surface area contributed by atoms with Crippen LogP contribution in [0.4, 0.5) is 0 Å². The van der Waals surface area contributed by atoms with Gasteiger partial charge in [0.2, 0.25) is 0 Å². The zero-order chi connectivity index (χ0) is 8.10. The molecule has 1 N–H and O–H groups in total. The third-order valence-corrected chi connectivity index (χ3v) is 1.46. The smallest absolute Gasteiger partial charge is 0.120 e. The van der Waals surface area contributed by atoms with E-state index in [0.29, 0.717) is 6.54 Å². The highest BCUT2D eigenvalue weighted by Crippen LogP contribution is 2.07. The highest BCUT2D eigenvalue weighted by molar-refractivity contribution is 5.06. The first-order valence-corrected chi connectivity index (χ1v) is 3.70. The second kappa shape index (κ2) is 4.16. The molecule has 62 valence electrons. The van der Waals surface area contributed by atoms with E-state index in [1.807, 2.05) is 12.1 Å². The fourth-order valence-corrected chi connectivity index (χ4v) is 0.851. The van der Waals surface area contributed by atoms with Crippen LogP contribution in [-0.2, 0) is 17.8 Å². The summed E-state index contributed by atoms with van der Waals surface area (Å²) in [6.45, 7) is 2.68. The number of aryl methyl sites for hydroxylation is 1.